The molecule has 1 aliphatic rings. The van der Waals surface area contributed by atoms with Crippen molar-refractivity contribution < 1.29 is 14.7 Å². The number of hydrogen-bond acceptors (Lipinski definition) is 4. The van der Waals surface area contributed by atoms with Crippen molar-refractivity contribution in [2.24, 2.45) is 5.41 Å². The van der Waals surface area contributed by atoms with Crippen LogP contribution in [0.25, 0.3) is 0 Å². The highest BCUT2D eigenvalue weighted by molar-refractivity contribution is 7.07. The number of carboxylic acids is 1. The van der Waals surface area contributed by atoms with Crippen LogP contribution in [0.3, 0.4) is 0 Å². The van der Waals surface area contributed by atoms with Crippen molar-refractivity contribution in [3.8, 4) is 0 Å². The van der Waals surface area contributed by atoms with Crippen molar-refractivity contribution in [1.82, 2.24) is 9.80 Å². The molecule has 1 amide bonds. The van der Waals surface area contributed by atoms with E-state index in [1.165, 1.54) is 0 Å². The lowest BCUT2D eigenvalue weighted by Crippen LogP contribution is -2.46. The van der Waals surface area contributed by atoms with Crippen LogP contribution in [0, 0.1) is 5.41 Å². The lowest BCUT2D eigenvalue weighted by Gasteiger charge is -2.36. The van der Waals surface area contributed by atoms with Crippen LogP contribution in [0.1, 0.15) is 25.3 Å². The summed E-state index contributed by atoms with van der Waals surface area (Å²) in [7, 11) is 1.81. The molecule has 21 heavy (non-hydrogen) atoms. The molecule has 5 nitrogen and oxygen atoms in total. The molecule has 0 aliphatic carbocycles. The molecule has 0 bridgehead atoms. The van der Waals surface area contributed by atoms with E-state index in [1.807, 2.05) is 23.9 Å². The van der Waals surface area contributed by atoms with E-state index in [0.717, 1.165) is 5.56 Å². The average Bonchev–Trinajstić information content (AvgIpc) is 2.94. The van der Waals surface area contributed by atoms with Gasteiger partial charge < -0.3 is 10.0 Å². The Morgan fingerprint density at radius 3 is 2.62 bits per heavy atom. The van der Waals surface area contributed by atoms with Crippen molar-refractivity contribution in [2.45, 2.75) is 26.3 Å². The number of carbonyl (C=O) groups is 2. The molecule has 0 unspecified atom stereocenters. The summed E-state index contributed by atoms with van der Waals surface area (Å²) in [5.41, 5.74) is 0.509. The summed E-state index contributed by atoms with van der Waals surface area (Å²) in [5, 5.41) is 13.3. The summed E-state index contributed by atoms with van der Waals surface area (Å²) in [6, 6.07) is 2.02. The number of rotatable bonds is 5. The first-order chi connectivity index (χ1) is 9.90. The second-order valence-electron chi connectivity index (χ2n) is 6.02. The molecule has 2 heterocycles. The van der Waals surface area contributed by atoms with Crippen LogP contribution in [0.2, 0.25) is 0 Å². The number of aliphatic carboxylic acids is 1. The minimum Gasteiger partial charge on any atom is -0.481 e. The maximum atomic E-state index is 12.2. The Morgan fingerprint density at radius 2 is 2.10 bits per heavy atom. The Labute approximate surface area is 129 Å². The molecule has 2 rings (SSSR count). The van der Waals surface area contributed by atoms with Crippen molar-refractivity contribution >= 4 is 23.2 Å². The fourth-order valence-corrected chi connectivity index (χ4v) is 3.14. The van der Waals surface area contributed by atoms with E-state index in [4.69, 9.17) is 0 Å². The van der Waals surface area contributed by atoms with Gasteiger partial charge in [-0.1, -0.05) is 0 Å². The molecule has 0 saturated carbocycles. The maximum absolute atomic E-state index is 12.2. The predicted octanol–water partition coefficient (Wildman–Crippen LogP) is 1.89. The third-order valence-corrected chi connectivity index (χ3v) is 4.99. The zero-order chi connectivity index (χ0) is 15.5. The van der Waals surface area contributed by atoms with Gasteiger partial charge in [-0.25, -0.2) is 0 Å². The van der Waals surface area contributed by atoms with E-state index in [9.17, 15) is 14.7 Å². The maximum Gasteiger partial charge on any atom is 0.309 e. The van der Waals surface area contributed by atoms with Crippen LogP contribution in [-0.4, -0.2) is 53.5 Å². The molecule has 6 heteroatoms. The summed E-state index contributed by atoms with van der Waals surface area (Å²) in [5.74, 6) is -0.650. The van der Waals surface area contributed by atoms with Crippen LogP contribution in [0.5, 0.6) is 0 Å². The van der Waals surface area contributed by atoms with Gasteiger partial charge in [0.1, 0.15) is 0 Å². The van der Waals surface area contributed by atoms with Crippen LogP contribution in [0.4, 0.5) is 0 Å². The first-order valence-corrected chi connectivity index (χ1v) is 8.06. The number of likely N-dealkylation sites (tertiary alicyclic amines) is 1. The molecule has 1 aromatic heterocycles. The molecule has 0 spiro atoms. The molecule has 1 aromatic rings. The van der Waals surface area contributed by atoms with Crippen LogP contribution < -0.4 is 0 Å². The van der Waals surface area contributed by atoms with E-state index in [-0.39, 0.29) is 5.91 Å². The van der Waals surface area contributed by atoms with Gasteiger partial charge in [0.15, 0.2) is 0 Å². The van der Waals surface area contributed by atoms with Gasteiger partial charge in [0.05, 0.1) is 12.0 Å². The van der Waals surface area contributed by atoms with Crippen molar-refractivity contribution in [3.05, 3.63) is 22.4 Å². The Bertz CT molecular complexity index is 493. The quantitative estimate of drug-likeness (QED) is 0.902. The summed E-state index contributed by atoms with van der Waals surface area (Å²) in [4.78, 5) is 27.2. The molecule has 0 atom stereocenters. The molecule has 1 fully saturated rings. The van der Waals surface area contributed by atoms with Crippen LogP contribution in [-0.2, 0) is 16.1 Å². The molecular weight excluding hydrogens is 288 g/mol. The number of piperidine rings is 1. The number of carbonyl (C=O) groups excluding carboxylic acids is 1. The summed E-state index contributed by atoms with van der Waals surface area (Å²) in [6.45, 7) is 4.12. The summed E-state index contributed by atoms with van der Waals surface area (Å²) < 4.78 is 0. The Morgan fingerprint density at radius 1 is 1.43 bits per heavy atom. The molecule has 116 valence electrons. The van der Waals surface area contributed by atoms with Crippen molar-refractivity contribution in [2.75, 3.05) is 26.7 Å². The summed E-state index contributed by atoms with van der Waals surface area (Å²) >= 11 is 1.63. The van der Waals surface area contributed by atoms with E-state index in [0.29, 0.717) is 39.0 Å². The van der Waals surface area contributed by atoms with Crippen LogP contribution in [0.15, 0.2) is 16.8 Å². The molecular formula is C15H22N2O3S. The third-order valence-electron chi connectivity index (χ3n) is 4.26. The van der Waals surface area contributed by atoms with Gasteiger partial charge in [-0.2, -0.15) is 11.3 Å². The second kappa shape index (κ2) is 6.58. The van der Waals surface area contributed by atoms with Crippen molar-refractivity contribution in [3.63, 3.8) is 0 Å². The Kier molecular flexibility index (Phi) is 5.00. The van der Waals surface area contributed by atoms with Gasteiger partial charge in [0.25, 0.3) is 0 Å². The number of nitrogens with zero attached hydrogens (tertiary/aromatic N) is 2. The average molecular weight is 310 g/mol. The number of amides is 1. The molecule has 0 aromatic carbocycles. The zero-order valence-corrected chi connectivity index (χ0v) is 13.4. The highest BCUT2D eigenvalue weighted by atomic mass is 32.1. The fourth-order valence-electron chi connectivity index (χ4n) is 2.48. The van der Waals surface area contributed by atoms with Gasteiger partial charge in [0, 0.05) is 13.6 Å². The number of hydrogen-bond donors (Lipinski definition) is 1. The lowest BCUT2D eigenvalue weighted by atomic mass is 9.80. The number of likely N-dealkylation sites (N-methyl/N-ethyl adjacent to an activating group) is 1. The normalized spacial score (nSPS) is 18.4. The highest BCUT2D eigenvalue weighted by Gasteiger charge is 2.37. The minimum absolute atomic E-state index is 0.0835. The second-order valence-corrected chi connectivity index (χ2v) is 6.80. The SMILES string of the molecule is CN(Cc1ccsc1)C(=O)CN1CCC(C)(C(=O)O)CC1. The highest BCUT2D eigenvalue weighted by Crippen LogP contribution is 2.30. The number of carboxylic acid groups (broad SMARTS) is 1. The molecule has 1 aliphatic heterocycles. The standard InChI is InChI=1S/C15H22N2O3S/c1-15(14(19)20)4-6-17(7-5-15)10-13(18)16(2)9-12-3-8-21-11-12/h3,8,11H,4-7,9-10H2,1-2H3,(H,19,20). The number of thiophene rings is 1. The van der Waals surface area contributed by atoms with Gasteiger partial charge >= 0.3 is 5.97 Å². The summed E-state index contributed by atoms with van der Waals surface area (Å²) in [6.07, 6.45) is 1.20. The van der Waals surface area contributed by atoms with Crippen molar-refractivity contribution in [1.29, 1.82) is 0 Å². The molecule has 1 N–H and O–H groups in total. The first-order valence-electron chi connectivity index (χ1n) is 7.11. The fraction of sp³-hybridized carbons (Fsp3) is 0.600. The van der Waals surface area contributed by atoms with Crippen LogP contribution >= 0.6 is 11.3 Å². The lowest BCUT2D eigenvalue weighted by molar-refractivity contribution is -0.150. The zero-order valence-electron chi connectivity index (χ0n) is 12.5. The monoisotopic (exact) mass is 310 g/mol. The van der Waals surface area contributed by atoms with Gasteiger partial charge in [-0.05, 0) is 55.2 Å². The first kappa shape index (κ1) is 16.0. The Hall–Kier alpha value is -1.40. The topological polar surface area (TPSA) is 60.9 Å². The van der Waals surface area contributed by atoms with E-state index in [1.54, 1.807) is 23.2 Å². The largest absolute Gasteiger partial charge is 0.481 e. The minimum atomic E-state index is -0.733. The smallest absolute Gasteiger partial charge is 0.309 e. The van der Waals surface area contributed by atoms with Gasteiger partial charge in [-0.3, -0.25) is 14.5 Å². The molecule has 0 radical (unpaired) electrons. The van der Waals surface area contributed by atoms with E-state index < -0.39 is 11.4 Å². The molecule has 1 saturated heterocycles. The van der Waals surface area contributed by atoms with Gasteiger partial charge in [-0.15, -0.1) is 0 Å². The van der Waals surface area contributed by atoms with Gasteiger partial charge in [0.2, 0.25) is 5.91 Å². The van der Waals surface area contributed by atoms with E-state index >= 15 is 0 Å². The third kappa shape index (κ3) is 4.04. The Balaban J connectivity index is 1.80. The van der Waals surface area contributed by atoms with E-state index in [2.05, 4.69) is 4.90 Å². The predicted molar refractivity (Wildman–Crippen MR) is 82.2 cm³/mol.